The second kappa shape index (κ2) is 5.60. The lowest BCUT2D eigenvalue weighted by molar-refractivity contribution is 0.598. The molecule has 1 aromatic rings. The van der Waals surface area contributed by atoms with E-state index in [0.717, 1.165) is 10.5 Å². The van der Waals surface area contributed by atoms with E-state index in [-0.39, 0.29) is 4.90 Å². The first-order chi connectivity index (χ1) is 7.86. The average molecular weight is 271 g/mol. The van der Waals surface area contributed by atoms with Gasteiger partial charge in [-0.25, -0.2) is 0 Å². The van der Waals surface area contributed by atoms with Crippen LogP contribution in [0.1, 0.15) is 19.4 Å². The molecule has 0 spiro atoms. The summed E-state index contributed by atoms with van der Waals surface area (Å²) < 4.78 is 27.9. The molecular formula is C12H17NO2S2. The monoisotopic (exact) mass is 271 g/mol. The number of benzene rings is 1. The molecule has 0 saturated carbocycles. The third-order valence-electron chi connectivity index (χ3n) is 2.40. The van der Waals surface area contributed by atoms with Crippen molar-refractivity contribution in [3.8, 4) is 0 Å². The molecule has 0 aliphatic rings. The molecule has 1 aromatic carbocycles. The van der Waals surface area contributed by atoms with E-state index in [4.69, 9.17) is 0 Å². The van der Waals surface area contributed by atoms with Gasteiger partial charge in [0.25, 0.3) is 10.0 Å². The highest BCUT2D eigenvalue weighted by Gasteiger charge is 2.12. The van der Waals surface area contributed by atoms with Gasteiger partial charge < -0.3 is 0 Å². The van der Waals surface area contributed by atoms with E-state index in [1.54, 1.807) is 30.5 Å². The summed E-state index contributed by atoms with van der Waals surface area (Å²) in [6.45, 7) is 5.69. The molecule has 0 heterocycles. The molecule has 0 aliphatic carbocycles. The van der Waals surface area contributed by atoms with Gasteiger partial charge in [-0.1, -0.05) is 34.5 Å². The van der Waals surface area contributed by atoms with Crippen molar-refractivity contribution in [2.75, 3.05) is 6.26 Å². The number of sulfonamides is 1. The largest absolute Gasteiger partial charge is 0.288 e. The van der Waals surface area contributed by atoms with Crippen LogP contribution in [0, 0.1) is 6.92 Å². The number of hydrogen-bond acceptors (Lipinski definition) is 2. The quantitative estimate of drug-likeness (QED) is 0.848. The first-order valence-electron chi connectivity index (χ1n) is 5.20. The van der Waals surface area contributed by atoms with Crippen LogP contribution in [-0.4, -0.2) is 14.7 Å². The molecule has 17 heavy (non-hydrogen) atoms. The van der Waals surface area contributed by atoms with Crippen LogP contribution in [0.4, 0.5) is 0 Å². The van der Waals surface area contributed by atoms with Gasteiger partial charge in [-0.2, -0.15) is 8.42 Å². The molecule has 1 unspecified atom stereocenters. The number of aryl methyl sites for hydroxylation is 1. The molecule has 3 nitrogen and oxygen atoms in total. The molecule has 0 N–H and O–H groups in total. The van der Waals surface area contributed by atoms with Gasteiger partial charge in [0.2, 0.25) is 0 Å². The van der Waals surface area contributed by atoms with Gasteiger partial charge in [0.15, 0.2) is 0 Å². The lowest BCUT2D eigenvalue weighted by Gasteiger charge is -2.03. The van der Waals surface area contributed by atoms with E-state index in [0.29, 0.717) is 0 Å². The van der Waals surface area contributed by atoms with E-state index in [9.17, 15) is 8.42 Å². The summed E-state index contributed by atoms with van der Waals surface area (Å²) in [7, 11) is -4.13. The Morgan fingerprint density at radius 1 is 1.29 bits per heavy atom. The predicted octanol–water partition coefficient (Wildman–Crippen LogP) is 3.04. The zero-order valence-electron chi connectivity index (χ0n) is 10.5. The highest BCUT2D eigenvalue weighted by molar-refractivity contribution is 8.01. The third kappa shape index (κ3) is 3.78. The van der Waals surface area contributed by atoms with Gasteiger partial charge in [-0.3, -0.25) is 0 Å². The maximum atomic E-state index is 12.0. The van der Waals surface area contributed by atoms with Crippen molar-refractivity contribution in [3.05, 3.63) is 40.8 Å². The second-order valence-corrected chi connectivity index (χ2v) is 7.36. The fourth-order valence-electron chi connectivity index (χ4n) is 1.13. The van der Waals surface area contributed by atoms with Crippen molar-refractivity contribution in [2.24, 2.45) is 3.77 Å². The van der Waals surface area contributed by atoms with E-state index >= 15 is 0 Å². The van der Waals surface area contributed by atoms with E-state index in [1.165, 1.54) is 0 Å². The maximum absolute atomic E-state index is 12.0. The van der Waals surface area contributed by atoms with Crippen molar-refractivity contribution >= 4 is 20.7 Å². The van der Waals surface area contributed by atoms with Crippen LogP contribution >= 0.6 is 0 Å². The van der Waals surface area contributed by atoms with E-state index < -0.39 is 20.7 Å². The number of hydrogen-bond donors (Lipinski definition) is 0. The standard InChI is InChI=1S/C12H17NO2S2/c1-5-11(3)16(4)13-17(14,15)12-8-6-10(2)7-9-12/h5-9H,1-4H3/b11-5-. The second-order valence-electron chi connectivity index (χ2n) is 3.74. The minimum Gasteiger partial charge on any atom is -0.199 e. The summed E-state index contributed by atoms with van der Waals surface area (Å²) in [6.07, 6.45) is 3.69. The Kier molecular flexibility index (Phi) is 4.65. The Morgan fingerprint density at radius 2 is 1.82 bits per heavy atom. The summed E-state index contributed by atoms with van der Waals surface area (Å²) >= 11 is 0. The third-order valence-corrected chi connectivity index (χ3v) is 6.12. The van der Waals surface area contributed by atoms with Crippen LogP contribution in [0.15, 0.2) is 43.9 Å². The zero-order valence-corrected chi connectivity index (χ0v) is 12.1. The van der Waals surface area contributed by atoms with Crippen LogP contribution in [0.25, 0.3) is 0 Å². The fourth-order valence-corrected chi connectivity index (χ4v) is 3.94. The summed E-state index contributed by atoms with van der Waals surface area (Å²) in [6, 6.07) is 6.74. The van der Waals surface area contributed by atoms with Crippen LogP contribution in [0.3, 0.4) is 0 Å². The van der Waals surface area contributed by atoms with Crippen LogP contribution < -0.4 is 0 Å². The van der Waals surface area contributed by atoms with Gasteiger partial charge in [0.05, 0.1) is 4.90 Å². The Labute approximate surface area is 106 Å². The van der Waals surface area contributed by atoms with Crippen LogP contribution in [-0.2, 0) is 20.7 Å². The lowest BCUT2D eigenvalue weighted by atomic mass is 10.2. The first kappa shape index (κ1) is 14.1. The first-order valence-corrected chi connectivity index (χ1v) is 8.23. The number of rotatable bonds is 3. The fraction of sp³-hybridized carbons (Fsp3) is 0.333. The molecule has 1 atom stereocenters. The summed E-state index contributed by atoms with van der Waals surface area (Å²) in [5.41, 5.74) is 1.03. The molecule has 0 bridgehead atoms. The van der Waals surface area contributed by atoms with E-state index in [2.05, 4.69) is 3.77 Å². The van der Waals surface area contributed by atoms with Gasteiger partial charge in [0, 0.05) is 0 Å². The molecule has 0 saturated heterocycles. The highest BCUT2D eigenvalue weighted by atomic mass is 32.3. The average Bonchev–Trinajstić information content (AvgIpc) is 2.27. The molecule has 0 aromatic heterocycles. The maximum Gasteiger partial charge on any atom is 0.288 e. The van der Waals surface area contributed by atoms with Gasteiger partial charge >= 0.3 is 0 Å². The van der Waals surface area contributed by atoms with Gasteiger partial charge in [-0.15, -0.1) is 3.77 Å². The summed E-state index contributed by atoms with van der Waals surface area (Å²) in [4.78, 5) is 1.23. The Hall–Kier alpha value is -0.940. The van der Waals surface area contributed by atoms with Gasteiger partial charge in [-0.05, 0) is 44.1 Å². The smallest absolute Gasteiger partial charge is 0.199 e. The number of nitrogens with zero attached hydrogens (tertiary/aromatic N) is 1. The van der Waals surface area contributed by atoms with Crippen molar-refractivity contribution in [2.45, 2.75) is 25.7 Å². The van der Waals surface area contributed by atoms with Crippen molar-refractivity contribution in [1.82, 2.24) is 0 Å². The Morgan fingerprint density at radius 3 is 2.29 bits per heavy atom. The van der Waals surface area contributed by atoms with Crippen molar-refractivity contribution < 1.29 is 8.42 Å². The van der Waals surface area contributed by atoms with Crippen LogP contribution in [0.2, 0.25) is 0 Å². The number of allylic oxidation sites excluding steroid dienone is 2. The minimum atomic E-state index is -3.53. The molecule has 1 rings (SSSR count). The summed E-state index contributed by atoms with van der Waals surface area (Å²) in [5.74, 6) is 0. The molecule has 94 valence electrons. The molecule has 5 heteroatoms. The van der Waals surface area contributed by atoms with E-state index in [1.807, 2.05) is 26.8 Å². The predicted molar refractivity (Wildman–Crippen MR) is 73.5 cm³/mol. The topological polar surface area (TPSA) is 46.5 Å². The molecule has 0 radical (unpaired) electrons. The summed E-state index contributed by atoms with van der Waals surface area (Å²) in [5, 5.41) is 0. The Bertz CT molecular complexity index is 555. The molecule has 0 amide bonds. The molecular weight excluding hydrogens is 254 g/mol. The highest BCUT2D eigenvalue weighted by Crippen LogP contribution is 2.15. The van der Waals surface area contributed by atoms with Crippen molar-refractivity contribution in [1.29, 1.82) is 0 Å². The lowest BCUT2D eigenvalue weighted by Crippen LogP contribution is -2.00. The van der Waals surface area contributed by atoms with Crippen molar-refractivity contribution in [3.63, 3.8) is 0 Å². The molecule has 0 aliphatic heterocycles. The normalized spacial score (nSPS) is 14.9. The minimum absolute atomic E-state index is 0.256. The SMILES string of the molecule is C/C=C(/C)S(C)=NS(=O)(=O)c1ccc(C)cc1. The van der Waals surface area contributed by atoms with Gasteiger partial charge in [0.1, 0.15) is 0 Å². The molecule has 0 fully saturated rings. The zero-order chi connectivity index (χ0) is 13.1. The van der Waals surface area contributed by atoms with Crippen LogP contribution in [0.5, 0.6) is 0 Å². The Balaban J connectivity index is 3.17.